The largest absolute Gasteiger partial charge is 0.396 e. The highest BCUT2D eigenvalue weighted by Crippen LogP contribution is 2.23. The Morgan fingerprint density at radius 1 is 1.41 bits per heavy atom. The molecule has 0 aromatic carbocycles. The average Bonchev–Trinajstić information content (AvgIpc) is 2.74. The maximum Gasteiger partial charge on any atom is 0.131 e. The molecule has 0 bridgehead atoms. The van der Waals surface area contributed by atoms with Crippen molar-refractivity contribution in [1.82, 2.24) is 15.1 Å². The van der Waals surface area contributed by atoms with E-state index in [0.29, 0.717) is 12.6 Å². The van der Waals surface area contributed by atoms with Gasteiger partial charge in [0.25, 0.3) is 0 Å². The fraction of sp³-hybridized carbons (Fsp3) is 0.833. The number of aryl methyl sites for hydroxylation is 1. The van der Waals surface area contributed by atoms with E-state index >= 15 is 0 Å². The minimum absolute atomic E-state index is 0.308. The van der Waals surface area contributed by atoms with Crippen LogP contribution in [0.4, 0.5) is 0 Å². The predicted molar refractivity (Wildman–Crippen MR) is 69.0 cm³/mol. The number of aliphatic hydroxyl groups excluding tert-OH is 1. The van der Waals surface area contributed by atoms with E-state index in [0.717, 1.165) is 35.9 Å². The van der Waals surface area contributed by atoms with Gasteiger partial charge in [0, 0.05) is 12.6 Å². The lowest BCUT2D eigenvalue weighted by Crippen LogP contribution is -2.39. The first-order valence-electron chi connectivity index (χ1n) is 6.43. The van der Waals surface area contributed by atoms with Crippen LogP contribution in [0.1, 0.15) is 42.1 Å². The van der Waals surface area contributed by atoms with Crippen molar-refractivity contribution in [3.05, 3.63) is 10.0 Å². The van der Waals surface area contributed by atoms with Crippen LogP contribution < -0.4 is 0 Å². The summed E-state index contributed by atoms with van der Waals surface area (Å²) in [6, 6.07) is 0.625. The zero-order valence-electron chi connectivity index (χ0n) is 10.4. The molecular weight excluding hydrogens is 234 g/mol. The third kappa shape index (κ3) is 3.72. The monoisotopic (exact) mass is 255 g/mol. The van der Waals surface area contributed by atoms with E-state index in [1.165, 1.54) is 19.3 Å². The van der Waals surface area contributed by atoms with Gasteiger partial charge in [-0.05, 0) is 39.2 Å². The van der Waals surface area contributed by atoms with Crippen LogP contribution in [0.25, 0.3) is 0 Å². The first-order chi connectivity index (χ1) is 8.29. The molecule has 0 radical (unpaired) electrons. The van der Waals surface area contributed by atoms with Crippen LogP contribution in [0.2, 0.25) is 0 Å². The zero-order valence-corrected chi connectivity index (χ0v) is 11.2. The van der Waals surface area contributed by atoms with Gasteiger partial charge in [-0.15, -0.1) is 21.5 Å². The quantitative estimate of drug-likeness (QED) is 0.874. The Bertz CT molecular complexity index is 342. The molecule has 2 rings (SSSR count). The Balaban J connectivity index is 1.91. The third-order valence-corrected chi connectivity index (χ3v) is 4.17. The van der Waals surface area contributed by atoms with Crippen molar-refractivity contribution in [2.24, 2.45) is 0 Å². The fourth-order valence-corrected chi connectivity index (χ4v) is 3.23. The Kier molecular flexibility index (Phi) is 4.88. The van der Waals surface area contributed by atoms with Crippen LogP contribution >= 0.6 is 11.3 Å². The van der Waals surface area contributed by atoms with Gasteiger partial charge in [0.2, 0.25) is 0 Å². The highest BCUT2D eigenvalue weighted by Gasteiger charge is 2.22. The van der Waals surface area contributed by atoms with Crippen LogP contribution in [0.5, 0.6) is 0 Å². The number of aromatic nitrogens is 2. The maximum absolute atomic E-state index is 8.94. The van der Waals surface area contributed by atoms with E-state index in [1.807, 2.05) is 6.92 Å². The third-order valence-electron chi connectivity index (χ3n) is 3.35. The normalized spacial score (nSPS) is 21.9. The zero-order chi connectivity index (χ0) is 12.1. The maximum atomic E-state index is 8.94. The number of hydrogen-bond acceptors (Lipinski definition) is 5. The van der Waals surface area contributed by atoms with E-state index in [1.54, 1.807) is 11.3 Å². The number of hydrogen-bond donors (Lipinski definition) is 1. The van der Waals surface area contributed by atoms with Crippen molar-refractivity contribution in [2.45, 2.75) is 51.6 Å². The van der Waals surface area contributed by atoms with Gasteiger partial charge in [0.05, 0.1) is 6.54 Å². The number of piperidine rings is 1. The lowest BCUT2D eigenvalue weighted by molar-refractivity contribution is 0.123. The average molecular weight is 255 g/mol. The second kappa shape index (κ2) is 6.42. The van der Waals surface area contributed by atoms with E-state index < -0.39 is 0 Å². The number of aliphatic hydroxyl groups is 1. The summed E-state index contributed by atoms with van der Waals surface area (Å²) in [4.78, 5) is 2.51. The standard InChI is InChI=1S/C12H21N3OS/c1-10-13-14-12(17-10)9-15-7-3-2-5-11(15)6-4-8-16/h11,16H,2-9H2,1H3/t11-/m1/s1. The molecule has 1 atom stereocenters. The van der Waals surface area contributed by atoms with Crippen molar-refractivity contribution in [2.75, 3.05) is 13.2 Å². The number of nitrogens with zero attached hydrogens (tertiary/aromatic N) is 3. The summed E-state index contributed by atoms with van der Waals surface area (Å²) in [5.74, 6) is 0. The van der Waals surface area contributed by atoms with E-state index in [4.69, 9.17) is 5.11 Å². The van der Waals surface area contributed by atoms with Gasteiger partial charge >= 0.3 is 0 Å². The summed E-state index contributed by atoms with van der Waals surface area (Å²) < 4.78 is 0. The van der Waals surface area contributed by atoms with Gasteiger partial charge in [-0.2, -0.15) is 0 Å². The Labute approximate surface area is 107 Å². The summed E-state index contributed by atoms with van der Waals surface area (Å²) in [6.45, 7) is 4.40. The minimum Gasteiger partial charge on any atom is -0.396 e. The molecule has 1 aromatic heterocycles. The van der Waals surface area contributed by atoms with Gasteiger partial charge in [-0.25, -0.2) is 0 Å². The van der Waals surface area contributed by atoms with Crippen LogP contribution in [0.15, 0.2) is 0 Å². The summed E-state index contributed by atoms with van der Waals surface area (Å²) in [7, 11) is 0. The molecular formula is C12H21N3OS. The van der Waals surface area contributed by atoms with Crippen LogP contribution in [0, 0.1) is 6.92 Å². The molecule has 4 nitrogen and oxygen atoms in total. The molecule has 0 aliphatic carbocycles. The molecule has 1 saturated heterocycles. The molecule has 0 spiro atoms. The van der Waals surface area contributed by atoms with Crippen LogP contribution in [-0.4, -0.2) is 39.4 Å². The fourth-order valence-electron chi connectivity index (χ4n) is 2.50. The second-order valence-electron chi connectivity index (χ2n) is 4.70. The number of rotatable bonds is 5. The first kappa shape index (κ1) is 12.9. The molecule has 2 heterocycles. The van der Waals surface area contributed by atoms with Gasteiger partial charge in [0.15, 0.2) is 0 Å². The summed E-state index contributed by atoms with van der Waals surface area (Å²) in [6.07, 6.45) is 5.89. The number of likely N-dealkylation sites (tertiary alicyclic amines) is 1. The molecule has 0 amide bonds. The SMILES string of the molecule is Cc1nnc(CN2CCCC[C@@H]2CCCO)s1. The minimum atomic E-state index is 0.308. The molecule has 0 unspecified atom stereocenters. The molecule has 1 fully saturated rings. The van der Waals surface area contributed by atoms with Crippen molar-refractivity contribution in [3.8, 4) is 0 Å². The Hall–Kier alpha value is -0.520. The molecule has 1 aromatic rings. The molecule has 17 heavy (non-hydrogen) atoms. The van der Waals surface area contributed by atoms with Gasteiger partial charge in [0.1, 0.15) is 10.0 Å². The molecule has 96 valence electrons. The van der Waals surface area contributed by atoms with E-state index in [2.05, 4.69) is 15.1 Å². The molecule has 5 heteroatoms. The van der Waals surface area contributed by atoms with Gasteiger partial charge in [-0.3, -0.25) is 4.90 Å². The first-order valence-corrected chi connectivity index (χ1v) is 7.25. The molecule has 1 N–H and O–H groups in total. The van der Waals surface area contributed by atoms with Crippen molar-refractivity contribution >= 4 is 11.3 Å². The lowest BCUT2D eigenvalue weighted by Gasteiger charge is -2.35. The lowest BCUT2D eigenvalue weighted by atomic mass is 9.98. The van der Waals surface area contributed by atoms with E-state index in [-0.39, 0.29) is 0 Å². The Morgan fingerprint density at radius 3 is 3.00 bits per heavy atom. The Morgan fingerprint density at radius 2 is 2.29 bits per heavy atom. The van der Waals surface area contributed by atoms with E-state index in [9.17, 15) is 0 Å². The van der Waals surface area contributed by atoms with Crippen molar-refractivity contribution in [1.29, 1.82) is 0 Å². The molecule has 1 aliphatic rings. The van der Waals surface area contributed by atoms with Crippen molar-refractivity contribution in [3.63, 3.8) is 0 Å². The topological polar surface area (TPSA) is 49.2 Å². The summed E-state index contributed by atoms with van der Waals surface area (Å²) in [5.41, 5.74) is 0. The highest BCUT2D eigenvalue weighted by atomic mass is 32.1. The summed E-state index contributed by atoms with van der Waals surface area (Å²) >= 11 is 1.69. The van der Waals surface area contributed by atoms with Crippen molar-refractivity contribution < 1.29 is 5.11 Å². The van der Waals surface area contributed by atoms with Crippen LogP contribution in [0.3, 0.4) is 0 Å². The van der Waals surface area contributed by atoms with Gasteiger partial charge < -0.3 is 5.11 Å². The highest BCUT2D eigenvalue weighted by molar-refractivity contribution is 7.11. The molecule has 1 aliphatic heterocycles. The van der Waals surface area contributed by atoms with Gasteiger partial charge in [-0.1, -0.05) is 6.42 Å². The van der Waals surface area contributed by atoms with Crippen LogP contribution in [-0.2, 0) is 6.54 Å². The second-order valence-corrected chi connectivity index (χ2v) is 5.97. The summed E-state index contributed by atoms with van der Waals surface area (Å²) in [5, 5.41) is 19.4. The smallest absolute Gasteiger partial charge is 0.131 e. The molecule has 0 saturated carbocycles. The predicted octanol–water partition coefficient (Wildman–Crippen LogP) is 1.97.